The molecule has 0 bridgehead atoms. The van der Waals surface area contributed by atoms with E-state index in [1.165, 1.54) is 7.11 Å². The van der Waals surface area contributed by atoms with E-state index in [2.05, 4.69) is 29.4 Å². The minimum Gasteiger partial charge on any atom is -0.497 e. The van der Waals surface area contributed by atoms with Gasteiger partial charge in [0, 0.05) is 0 Å². The molecule has 0 amide bonds. The number of fused-ring (bicyclic) bond motifs is 1. The van der Waals surface area contributed by atoms with Gasteiger partial charge >= 0.3 is 0 Å². The Labute approximate surface area is 123 Å². The van der Waals surface area contributed by atoms with Crippen molar-refractivity contribution in [2.45, 2.75) is 13.3 Å². The minimum atomic E-state index is -0.150. The zero-order valence-electron chi connectivity index (χ0n) is 12.2. The van der Waals surface area contributed by atoms with Crippen LogP contribution >= 0.6 is 0 Å². The van der Waals surface area contributed by atoms with Crippen LogP contribution in [0.2, 0.25) is 0 Å². The second-order valence-corrected chi connectivity index (χ2v) is 4.08. The van der Waals surface area contributed by atoms with E-state index in [9.17, 15) is 4.79 Å². The second-order valence-electron chi connectivity index (χ2n) is 4.08. The van der Waals surface area contributed by atoms with Crippen molar-refractivity contribution in [1.29, 1.82) is 0 Å². The van der Waals surface area contributed by atoms with Gasteiger partial charge < -0.3 is 9.72 Å². The van der Waals surface area contributed by atoms with Gasteiger partial charge in [-0.1, -0.05) is 30.9 Å². The molecule has 1 N–H and O–H groups in total. The van der Waals surface area contributed by atoms with Crippen LogP contribution in [0, 0.1) is 12.8 Å². The number of nitrogens with zero attached hydrogens (tertiary/aromatic N) is 1. The van der Waals surface area contributed by atoms with Crippen molar-refractivity contribution in [3.8, 4) is 12.8 Å². The maximum atomic E-state index is 12.1. The van der Waals surface area contributed by atoms with Crippen molar-refractivity contribution >= 4 is 17.7 Å². The van der Waals surface area contributed by atoms with Gasteiger partial charge in [0.05, 0.1) is 23.3 Å². The summed E-state index contributed by atoms with van der Waals surface area (Å²) in [6, 6.07) is 0. The average Bonchev–Trinajstić information content (AvgIpc) is 2.75. The van der Waals surface area contributed by atoms with E-state index < -0.39 is 0 Å². The molecule has 1 aliphatic carbocycles. The van der Waals surface area contributed by atoms with Gasteiger partial charge in [-0.2, -0.15) is 0 Å². The van der Waals surface area contributed by atoms with E-state index in [1.807, 2.05) is 37.3 Å². The van der Waals surface area contributed by atoms with Crippen molar-refractivity contribution in [2.75, 3.05) is 7.11 Å². The summed E-state index contributed by atoms with van der Waals surface area (Å²) in [5.41, 5.74) is 0.534. The smallest absolute Gasteiger partial charge is 0.258 e. The number of methoxy groups -OCH3 is 1. The molecule has 21 heavy (non-hydrogen) atoms. The van der Waals surface area contributed by atoms with E-state index in [-0.39, 0.29) is 5.56 Å². The molecule has 2 rings (SSSR count). The first-order valence-electron chi connectivity index (χ1n) is 6.38. The monoisotopic (exact) mass is 282 g/mol. The van der Waals surface area contributed by atoms with Crippen LogP contribution in [0.5, 0.6) is 0 Å². The third-order valence-corrected chi connectivity index (χ3v) is 2.92. The zero-order chi connectivity index (χ0) is 15.8. The fraction of sp³-hybridized carbons (Fsp3) is 0.176. The number of terminal acetylenes is 1. The molecule has 108 valence electrons. The zero-order valence-corrected chi connectivity index (χ0v) is 12.2. The molecule has 0 spiro atoms. The molecular formula is C17H18N2O2. The summed E-state index contributed by atoms with van der Waals surface area (Å²) in [6.07, 6.45) is 18.1. The standard InChI is InChI=1S/C15H16N2O2.C2H2/c1-4-11(10(2)19-3)14-16-13-9-7-5-6-8-12(13)15(18)17-14;1-2/h4-5,7-9H,2,6H2,1,3H3,(H,16,17,18);1-2H/b11-4+;. The normalized spacial score (nSPS) is 12.7. The van der Waals surface area contributed by atoms with Crippen LogP contribution in [0.3, 0.4) is 0 Å². The number of aromatic nitrogens is 2. The van der Waals surface area contributed by atoms with Crippen LogP contribution in [0.15, 0.2) is 35.4 Å². The molecule has 0 atom stereocenters. The van der Waals surface area contributed by atoms with E-state index in [4.69, 9.17) is 4.74 Å². The summed E-state index contributed by atoms with van der Waals surface area (Å²) in [7, 11) is 1.54. The lowest BCUT2D eigenvalue weighted by atomic mass is 10.2. The third-order valence-electron chi connectivity index (χ3n) is 2.92. The lowest BCUT2D eigenvalue weighted by Gasteiger charge is -2.08. The number of hydrogen-bond donors (Lipinski definition) is 1. The van der Waals surface area contributed by atoms with Crippen LogP contribution in [-0.4, -0.2) is 17.1 Å². The lowest BCUT2D eigenvalue weighted by Crippen LogP contribution is -2.43. The Kier molecular flexibility index (Phi) is 5.97. The predicted molar refractivity (Wildman–Crippen MR) is 86.5 cm³/mol. The first-order valence-corrected chi connectivity index (χ1v) is 6.38. The lowest BCUT2D eigenvalue weighted by molar-refractivity contribution is 0.312. The number of rotatable bonds is 3. The van der Waals surface area contributed by atoms with Crippen LogP contribution < -0.4 is 16.1 Å². The fourth-order valence-corrected chi connectivity index (χ4v) is 1.92. The highest BCUT2D eigenvalue weighted by Gasteiger charge is 2.09. The van der Waals surface area contributed by atoms with Gasteiger partial charge in [-0.15, -0.1) is 12.8 Å². The molecule has 0 aromatic carbocycles. The van der Waals surface area contributed by atoms with Gasteiger partial charge in [0.2, 0.25) is 0 Å². The van der Waals surface area contributed by atoms with Gasteiger partial charge in [0.1, 0.15) is 11.6 Å². The molecule has 0 unspecified atom stereocenters. The van der Waals surface area contributed by atoms with Crippen molar-refractivity contribution in [1.82, 2.24) is 9.97 Å². The Bertz CT molecular complexity index is 777. The number of ether oxygens (including phenoxy) is 1. The number of allylic oxidation sites excluding steroid dienone is 4. The van der Waals surface area contributed by atoms with Crippen molar-refractivity contribution in [3.63, 3.8) is 0 Å². The molecule has 4 nitrogen and oxygen atoms in total. The van der Waals surface area contributed by atoms with Crippen LogP contribution in [0.4, 0.5) is 0 Å². The topological polar surface area (TPSA) is 55.0 Å². The van der Waals surface area contributed by atoms with Gasteiger partial charge in [-0.05, 0) is 19.4 Å². The Balaban J connectivity index is 0.00000106. The largest absolute Gasteiger partial charge is 0.497 e. The van der Waals surface area contributed by atoms with E-state index in [0.29, 0.717) is 27.7 Å². The summed E-state index contributed by atoms with van der Waals surface area (Å²) < 4.78 is 5.11. The molecule has 1 heterocycles. The van der Waals surface area contributed by atoms with Crippen LogP contribution in [-0.2, 0) is 4.74 Å². The number of hydrogen-bond acceptors (Lipinski definition) is 3. The average molecular weight is 282 g/mol. The van der Waals surface area contributed by atoms with E-state index in [1.54, 1.807) is 0 Å². The minimum absolute atomic E-state index is 0.150. The van der Waals surface area contributed by atoms with Gasteiger partial charge in [-0.25, -0.2) is 4.98 Å². The molecule has 4 heteroatoms. The Morgan fingerprint density at radius 1 is 1.52 bits per heavy atom. The molecular weight excluding hydrogens is 264 g/mol. The molecule has 1 aliphatic rings. The molecule has 1 aromatic rings. The quantitative estimate of drug-likeness (QED) is 0.513. The Hall–Kier alpha value is -2.80. The summed E-state index contributed by atoms with van der Waals surface area (Å²) >= 11 is 0. The maximum Gasteiger partial charge on any atom is 0.258 e. The fourth-order valence-electron chi connectivity index (χ4n) is 1.92. The summed E-state index contributed by atoms with van der Waals surface area (Å²) in [5.74, 6) is 0.941. The van der Waals surface area contributed by atoms with Crippen LogP contribution in [0.25, 0.3) is 17.7 Å². The molecule has 1 aromatic heterocycles. The summed E-state index contributed by atoms with van der Waals surface area (Å²) in [5, 5.41) is 1.27. The van der Waals surface area contributed by atoms with Crippen LogP contribution in [0.1, 0.15) is 19.2 Å². The first-order chi connectivity index (χ1) is 10.2. The van der Waals surface area contributed by atoms with E-state index in [0.717, 1.165) is 6.42 Å². The number of H-pyrrole nitrogens is 1. The third kappa shape index (κ3) is 3.61. The maximum absolute atomic E-state index is 12.1. The van der Waals surface area contributed by atoms with Crippen molar-refractivity contribution in [3.05, 3.63) is 57.3 Å². The Morgan fingerprint density at radius 2 is 2.24 bits per heavy atom. The van der Waals surface area contributed by atoms with Gasteiger partial charge in [-0.3, -0.25) is 4.79 Å². The molecule has 0 radical (unpaired) electrons. The summed E-state index contributed by atoms with van der Waals surface area (Å²) in [4.78, 5) is 19.3. The second kappa shape index (κ2) is 7.71. The van der Waals surface area contributed by atoms with Gasteiger partial charge in [0.15, 0.2) is 0 Å². The molecule has 0 fully saturated rings. The number of aromatic amines is 1. The highest BCUT2D eigenvalue weighted by atomic mass is 16.5. The van der Waals surface area contributed by atoms with Gasteiger partial charge in [0.25, 0.3) is 5.56 Å². The highest BCUT2D eigenvalue weighted by molar-refractivity contribution is 5.72. The van der Waals surface area contributed by atoms with E-state index >= 15 is 0 Å². The molecule has 0 saturated carbocycles. The Morgan fingerprint density at radius 3 is 2.86 bits per heavy atom. The molecule has 0 aliphatic heterocycles. The van der Waals surface area contributed by atoms with Crippen molar-refractivity contribution in [2.24, 2.45) is 0 Å². The number of nitrogens with one attached hydrogen (secondary N) is 1. The SMILES string of the molecule is C#C.C=C(OC)/C(=C\C)c1nc2c(c(=O)[nH]1)=CCC=CC=2. The molecule has 0 saturated heterocycles. The predicted octanol–water partition coefficient (Wildman–Crippen LogP) is 1.10. The highest BCUT2D eigenvalue weighted by Crippen LogP contribution is 2.16. The van der Waals surface area contributed by atoms with Crippen molar-refractivity contribution < 1.29 is 4.74 Å². The first kappa shape index (κ1) is 16.3. The summed E-state index contributed by atoms with van der Waals surface area (Å²) in [6.45, 7) is 5.64.